The molecule has 0 unspecified atom stereocenters. The van der Waals surface area contributed by atoms with Crippen molar-refractivity contribution in [3.8, 4) is 22.9 Å². The number of ether oxygens (including phenoxy) is 3. The maximum atomic E-state index is 12.8. The zero-order valence-corrected chi connectivity index (χ0v) is 19.9. The van der Waals surface area contributed by atoms with Gasteiger partial charge in [0, 0.05) is 30.8 Å². The molecule has 0 atom stereocenters. The highest BCUT2D eigenvalue weighted by Gasteiger charge is 2.21. The molecule has 1 amide bonds. The van der Waals surface area contributed by atoms with Crippen LogP contribution < -0.4 is 19.7 Å². The van der Waals surface area contributed by atoms with Crippen LogP contribution >= 0.6 is 11.6 Å². The first-order chi connectivity index (χ1) is 16.6. The van der Waals surface area contributed by atoms with E-state index in [1.165, 1.54) is 4.80 Å². The van der Waals surface area contributed by atoms with E-state index in [4.69, 9.17) is 25.8 Å². The summed E-state index contributed by atoms with van der Waals surface area (Å²) in [6.07, 6.45) is 0. The largest absolute Gasteiger partial charge is 0.492 e. The Bertz CT molecular complexity index is 1130. The van der Waals surface area contributed by atoms with Gasteiger partial charge in [0.1, 0.15) is 18.0 Å². The Balaban J connectivity index is 1.53. The summed E-state index contributed by atoms with van der Waals surface area (Å²) in [7, 11) is 0. The molecule has 34 heavy (non-hydrogen) atoms. The number of carbonyl (C=O) groups excluding carboxylic acids is 1. The lowest BCUT2D eigenvalue weighted by Crippen LogP contribution is -2.36. The molecule has 1 saturated heterocycles. The molecule has 1 aromatic heterocycles. The van der Waals surface area contributed by atoms with Crippen molar-refractivity contribution >= 4 is 28.9 Å². The second kappa shape index (κ2) is 11.2. The van der Waals surface area contributed by atoms with E-state index >= 15 is 0 Å². The third-order valence-electron chi connectivity index (χ3n) is 5.14. The van der Waals surface area contributed by atoms with Gasteiger partial charge in [-0.05, 0) is 31.2 Å². The standard InChI is InChI=1S/C23H27ClN6O4/c1-3-33-20-14-19(29-9-11-32-12-10-29)21(34-4-2)13-18(20)25-22(31)15-30-27-23(26-28-30)16-7-5-6-8-17(16)24/h5-8,13-14H,3-4,9-12,15H2,1-2H3,(H,25,31). The number of amides is 1. The van der Waals surface area contributed by atoms with Crippen molar-refractivity contribution in [3.63, 3.8) is 0 Å². The highest BCUT2D eigenvalue weighted by molar-refractivity contribution is 6.33. The van der Waals surface area contributed by atoms with E-state index in [1.807, 2.05) is 32.0 Å². The highest BCUT2D eigenvalue weighted by Crippen LogP contribution is 2.39. The number of morpholine rings is 1. The van der Waals surface area contributed by atoms with Gasteiger partial charge in [-0.1, -0.05) is 23.7 Å². The van der Waals surface area contributed by atoms with Crippen LogP contribution in [0.4, 0.5) is 11.4 Å². The average Bonchev–Trinajstić information content (AvgIpc) is 3.29. The predicted molar refractivity (Wildman–Crippen MR) is 129 cm³/mol. The summed E-state index contributed by atoms with van der Waals surface area (Å²) in [6, 6.07) is 10.9. The fourth-order valence-electron chi connectivity index (χ4n) is 3.62. The van der Waals surface area contributed by atoms with Crippen LogP contribution in [-0.2, 0) is 16.1 Å². The molecule has 1 aliphatic heterocycles. The molecule has 4 rings (SSSR count). The zero-order valence-electron chi connectivity index (χ0n) is 19.2. The summed E-state index contributed by atoms with van der Waals surface area (Å²) >= 11 is 6.21. The molecule has 0 aliphatic carbocycles. The number of anilines is 2. The lowest BCUT2D eigenvalue weighted by atomic mass is 10.2. The van der Waals surface area contributed by atoms with Crippen LogP contribution in [0.15, 0.2) is 36.4 Å². The zero-order chi connectivity index (χ0) is 23.9. The minimum atomic E-state index is -0.328. The fourth-order valence-corrected chi connectivity index (χ4v) is 3.84. The van der Waals surface area contributed by atoms with Gasteiger partial charge in [0.05, 0.1) is 42.8 Å². The summed E-state index contributed by atoms with van der Waals surface area (Å²) in [5, 5.41) is 15.7. The third-order valence-corrected chi connectivity index (χ3v) is 5.47. The molecule has 10 nitrogen and oxygen atoms in total. The molecule has 0 saturated carbocycles. The monoisotopic (exact) mass is 486 g/mol. The molecular weight excluding hydrogens is 460 g/mol. The van der Waals surface area contributed by atoms with Gasteiger partial charge in [-0.15, -0.1) is 10.2 Å². The summed E-state index contributed by atoms with van der Waals surface area (Å²) < 4.78 is 17.2. The molecule has 1 fully saturated rings. The minimum Gasteiger partial charge on any atom is -0.492 e. The van der Waals surface area contributed by atoms with Crippen LogP contribution in [0.5, 0.6) is 11.5 Å². The molecule has 0 radical (unpaired) electrons. The van der Waals surface area contributed by atoms with Crippen molar-refractivity contribution in [1.29, 1.82) is 0 Å². The Morgan fingerprint density at radius 1 is 1.12 bits per heavy atom. The maximum Gasteiger partial charge on any atom is 0.248 e. The number of nitrogens with zero attached hydrogens (tertiary/aromatic N) is 5. The smallest absolute Gasteiger partial charge is 0.248 e. The van der Waals surface area contributed by atoms with Crippen molar-refractivity contribution < 1.29 is 19.0 Å². The Hall–Kier alpha value is -3.37. The third kappa shape index (κ3) is 5.57. The maximum absolute atomic E-state index is 12.8. The summed E-state index contributed by atoms with van der Waals surface area (Å²) in [4.78, 5) is 16.2. The van der Waals surface area contributed by atoms with Gasteiger partial charge in [0.2, 0.25) is 11.7 Å². The van der Waals surface area contributed by atoms with E-state index in [9.17, 15) is 4.79 Å². The van der Waals surface area contributed by atoms with E-state index in [0.717, 1.165) is 18.8 Å². The van der Waals surface area contributed by atoms with Gasteiger partial charge >= 0.3 is 0 Å². The number of carbonyl (C=O) groups is 1. The van der Waals surface area contributed by atoms with E-state index in [0.29, 0.717) is 60.0 Å². The fraction of sp³-hybridized carbons (Fsp3) is 0.391. The number of rotatable bonds is 9. The second-order valence-corrected chi connectivity index (χ2v) is 7.86. The molecule has 0 spiro atoms. The van der Waals surface area contributed by atoms with E-state index in [2.05, 4.69) is 25.6 Å². The van der Waals surface area contributed by atoms with Crippen LogP contribution in [0.3, 0.4) is 0 Å². The van der Waals surface area contributed by atoms with E-state index < -0.39 is 0 Å². The predicted octanol–water partition coefficient (Wildman–Crippen LogP) is 3.27. The Morgan fingerprint density at radius 3 is 2.59 bits per heavy atom. The number of tetrazole rings is 1. The minimum absolute atomic E-state index is 0.127. The lowest BCUT2D eigenvalue weighted by Gasteiger charge is -2.31. The van der Waals surface area contributed by atoms with Gasteiger partial charge in [-0.3, -0.25) is 4.79 Å². The molecule has 2 heterocycles. The molecular formula is C23H27ClN6O4. The van der Waals surface area contributed by atoms with Gasteiger partial charge in [-0.25, -0.2) is 0 Å². The van der Waals surface area contributed by atoms with Crippen molar-refractivity contribution in [2.45, 2.75) is 20.4 Å². The van der Waals surface area contributed by atoms with Crippen molar-refractivity contribution in [2.75, 3.05) is 49.7 Å². The number of nitrogens with one attached hydrogen (secondary N) is 1. The van der Waals surface area contributed by atoms with Crippen molar-refractivity contribution in [1.82, 2.24) is 20.2 Å². The topological polar surface area (TPSA) is 104 Å². The molecule has 11 heteroatoms. The summed E-state index contributed by atoms with van der Waals surface area (Å²) in [6.45, 7) is 7.43. The first kappa shape index (κ1) is 23.8. The second-order valence-electron chi connectivity index (χ2n) is 7.45. The number of aromatic nitrogens is 4. The molecule has 2 aromatic carbocycles. The average molecular weight is 487 g/mol. The summed E-state index contributed by atoms with van der Waals surface area (Å²) in [5.74, 6) is 1.25. The molecule has 1 N–H and O–H groups in total. The molecule has 0 bridgehead atoms. The van der Waals surface area contributed by atoms with E-state index in [1.54, 1.807) is 18.2 Å². The highest BCUT2D eigenvalue weighted by atomic mass is 35.5. The number of hydrogen-bond acceptors (Lipinski definition) is 8. The first-order valence-electron chi connectivity index (χ1n) is 11.2. The van der Waals surface area contributed by atoms with Crippen LogP contribution in [-0.4, -0.2) is 65.6 Å². The van der Waals surface area contributed by atoms with Gasteiger partial charge in [0.15, 0.2) is 0 Å². The number of halogens is 1. The van der Waals surface area contributed by atoms with Gasteiger partial charge < -0.3 is 24.4 Å². The van der Waals surface area contributed by atoms with Crippen molar-refractivity contribution in [2.24, 2.45) is 0 Å². The van der Waals surface area contributed by atoms with Crippen LogP contribution in [0.2, 0.25) is 5.02 Å². The van der Waals surface area contributed by atoms with E-state index in [-0.39, 0.29) is 12.5 Å². The lowest BCUT2D eigenvalue weighted by molar-refractivity contribution is -0.117. The van der Waals surface area contributed by atoms with Crippen LogP contribution in [0.25, 0.3) is 11.4 Å². The Kier molecular flexibility index (Phi) is 7.81. The Morgan fingerprint density at radius 2 is 1.85 bits per heavy atom. The van der Waals surface area contributed by atoms with Gasteiger partial charge in [0.25, 0.3) is 0 Å². The normalized spacial score (nSPS) is 13.6. The Labute approximate surface area is 202 Å². The van der Waals surface area contributed by atoms with Crippen LogP contribution in [0.1, 0.15) is 13.8 Å². The summed E-state index contributed by atoms with van der Waals surface area (Å²) in [5.41, 5.74) is 2.07. The quantitative estimate of drug-likeness (QED) is 0.491. The molecule has 180 valence electrons. The van der Waals surface area contributed by atoms with Crippen LogP contribution in [0, 0.1) is 0 Å². The van der Waals surface area contributed by atoms with Crippen molar-refractivity contribution in [3.05, 3.63) is 41.4 Å². The number of benzene rings is 2. The SMILES string of the molecule is CCOc1cc(N2CCOCC2)c(OCC)cc1NC(=O)Cn1nnc(-c2ccccc2Cl)n1. The molecule has 1 aliphatic rings. The first-order valence-corrected chi connectivity index (χ1v) is 11.6. The molecule has 3 aromatic rings. The van der Waals surface area contributed by atoms with Gasteiger partial charge in [-0.2, -0.15) is 4.80 Å². The number of hydrogen-bond donors (Lipinski definition) is 1.